The molecule has 2 aliphatic carbocycles. The molecule has 0 saturated heterocycles. The molecule has 0 spiro atoms. The maximum atomic E-state index is 12.4. The van der Waals surface area contributed by atoms with Crippen molar-refractivity contribution in [3.8, 4) is 0 Å². The normalized spacial score (nSPS) is 31.5. The highest BCUT2D eigenvalue weighted by molar-refractivity contribution is 5.85. The van der Waals surface area contributed by atoms with Crippen LogP contribution in [0.1, 0.15) is 45.4 Å². The summed E-state index contributed by atoms with van der Waals surface area (Å²) in [5.74, 6) is -1.46. The summed E-state index contributed by atoms with van der Waals surface area (Å²) >= 11 is 0. The Balaban J connectivity index is 1.96. The van der Waals surface area contributed by atoms with Gasteiger partial charge in [0.2, 0.25) is 5.91 Å². The summed E-state index contributed by atoms with van der Waals surface area (Å²) in [7, 11) is 4.13. The molecule has 0 aliphatic heterocycles. The first kappa shape index (κ1) is 16.3. The number of likely N-dealkylation sites (N-methyl/N-ethyl adjacent to an activating group) is 1. The van der Waals surface area contributed by atoms with Crippen molar-refractivity contribution < 1.29 is 14.7 Å². The van der Waals surface area contributed by atoms with Gasteiger partial charge in [-0.05, 0) is 45.7 Å². The fourth-order valence-corrected chi connectivity index (χ4v) is 4.05. The molecule has 2 aliphatic rings. The average Bonchev–Trinajstić information content (AvgIpc) is 3.03. The molecular formula is C16H28N2O3. The van der Waals surface area contributed by atoms with Gasteiger partial charge in [-0.1, -0.05) is 19.8 Å². The average molecular weight is 296 g/mol. The summed E-state index contributed by atoms with van der Waals surface area (Å²) in [4.78, 5) is 26.0. The van der Waals surface area contributed by atoms with E-state index in [1.165, 1.54) is 12.8 Å². The predicted molar refractivity (Wildman–Crippen MR) is 80.9 cm³/mol. The van der Waals surface area contributed by atoms with Crippen LogP contribution in [-0.2, 0) is 9.59 Å². The van der Waals surface area contributed by atoms with Gasteiger partial charge in [0.25, 0.3) is 0 Å². The first-order valence-electron chi connectivity index (χ1n) is 8.04. The fraction of sp³-hybridized carbons (Fsp3) is 0.875. The second-order valence-electron chi connectivity index (χ2n) is 7.17. The minimum Gasteiger partial charge on any atom is -0.481 e. The first-order valence-corrected chi connectivity index (χ1v) is 8.04. The van der Waals surface area contributed by atoms with Gasteiger partial charge < -0.3 is 15.3 Å². The molecule has 2 fully saturated rings. The molecule has 21 heavy (non-hydrogen) atoms. The van der Waals surface area contributed by atoms with Gasteiger partial charge in [-0.3, -0.25) is 9.59 Å². The van der Waals surface area contributed by atoms with Crippen LogP contribution in [0.4, 0.5) is 0 Å². The van der Waals surface area contributed by atoms with Gasteiger partial charge >= 0.3 is 5.97 Å². The van der Waals surface area contributed by atoms with Gasteiger partial charge in [-0.25, -0.2) is 0 Å². The van der Waals surface area contributed by atoms with E-state index in [1.54, 1.807) is 0 Å². The molecule has 0 aromatic heterocycles. The molecule has 3 atom stereocenters. The fourth-order valence-electron chi connectivity index (χ4n) is 4.05. The van der Waals surface area contributed by atoms with Gasteiger partial charge in [0.05, 0.1) is 11.8 Å². The van der Waals surface area contributed by atoms with Crippen LogP contribution in [0.2, 0.25) is 0 Å². The summed E-state index contributed by atoms with van der Waals surface area (Å²) in [6.07, 6.45) is 5.91. The van der Waals surface area contributed by atoms with Crippen molar-refractivity contribution in [3.63, 3.8) is 0 Å². The number of carbonyl (C=O) groups excluding carboxylic acids is 1. The number of carboxylic acids is 1. The predicted octanol–water partition coefficient (Wildman–Crippen LogP) is 1.72. The summed E-state index contributed by atoms with van der Waals surface area (Å²) in [5, 5.41) is 12.3. The molecular weight excluding hydrogens is 268 g/mol. The summed E-state index contributed by atoms with van der Waals surface area (Å²) in [5.41, 5.74) is 0.0542. The molecule has 2 rings (SSSR count). The van der Waals surface area contributed by atoms with Crippen LogP contribution in [-0.4, -0.2) is 48.1 Å². The lowest BCUT2D eigenvalue weighted by atomic mass is 9.93. The van der Waals surface area contributed by atoms with E-state index in [-0.39, 0.29) is 17.4 Å². The van der Waals surface area contributed by atoms with E-state index in [2.05, 4.69) is 24.3 Å². The van der Waals surface area contributed by atoms with E-state index in [1.807, 2.05) is 6.92 Å². The summed E-state index contributed by atoms with van der Waals surface area (Å²) < 4.78 is 0. The molecule has 5 nitrogen and oxygen atoms in total. The smallest absolute Gasteiger partial charge is 0.307 e. The summed E-state index contributed by atoms with van der Waals surface area (Å²) in [6, 6.07) is 0. The van der Waals surface area contributed by atoms with Crippen molar-refractivity contribution in [3.05, 3.63) is 0 Å². The van der Waals surface area contributed by atoms with Crippen LogP contribution < -0.4 is 5.32 Å². The van der Waals surface area contributed by atoms with Gasteiger partial charge in [0.1, 0.15) is 0 Å². The third-order valence-electron chi connectivity index (χ3n) is 5.53. The number of rotatable bonds is 5. The Morgan fingerprint density at radius 1 is 1.19 bits per heavy atom. The zero-order valence-electron chi connectivity index (χ0n) is 13.4. The Kier molecular flexibility index (Phi) is 4.91. The van der Waals surface area contributed by atoms with Crippen molar-refractivity contribution >= 4 is 11.9 Å². The van der Waals surface area contributed by atoms with E-state index >= 15 is 0 Å². The van der Waals surface area contributed by atoms with Crippen LogP contribution in [0.3, 0.4) is 0 Å². The Morgan fingerprint density at radius 2 is 1.76 bits per heavy atom. The molecule has 0 aromatic carbocycles. The lowest BCUT2D eigenvalue weighted by Crippen LogP contribution is -2.52. The number of nitrogens with zero attached hydrogens (tertiary/aromatic N) is 1. The largest absolute Gasteiger partial charge is 0.481 e. The van der Waals surface area contributed by atoms with Crippen LogP contribution in [0.15, 0.2) is 0 Å². The van der Waals surface area contributed by atoms with Crippen molar-refractivity contribution in [1.82, 2.24) is 10.2 Å². The van der Waals surface area contributed by atoms with Crippen LogP contribution in [0.25, 0.3) is 0 Å². The number of amides is 1. The molecule has 120 valence electrons. The molecule has 2 saturated carbocycles. The monoisotopic (exact) mass is 296 g/mol. The molecule has 2 N–H and O–H groups in total. The second-order valence-corrected chi connectivity index (χ2v) is 7.17. The number of hydrogen-bond donors (Lipinski definition) is 2. The first-order chi connectivity index (χ1) is 9.85. The van der Waals surface area contributed by atoms with E-state index in [0.717, 1.165) is 12.8 Å². The van der Waals surface area contributed by atoms with E-state index in [4.69, 9.17) is 0 Å². The molecule has 0 heterocycles. The Morgan fingerprint density at radius 3 is 2.29 bits per heavy atom. The van der Waals surface area contributed by atoms with E-state index < -0.39 is 11.9 Å². The van der Waals surface area contributed by atoms with Gasteiger partial charge in [-0.2, -0.15) is 0 Å². The Bertz CT molecular complexity index is 402. The Hall–Kier alpha value is -1.10. The van der Waals surface area contributed by atoms with E-state index in [0.29, 0.717) is 25.3 Å². The molecule has 0 aromatic rings. The zero-order valence-corrected chi connectivity index (χ0v) is 13.4. The van der Waals surface area contributed by atoms with Gasteiger partial charge in [-0.15, -0.1) is 0 Å². The SMILES string of the molecule is CC1CC(C(=O)O)C(C(=O)NCC2(N(C)C)CCCC2)C1. The zero-order chi connectivity index (χ0) is 15.6. The quantitative estimate of drug-likeness (QED) is 0.810. The number of carbonyl (C=O) groups is 2. The second kappa shape index (κ2) is 6.34. The van der Waals surface area contributed by atoms with Crippen LogP contribution in [0, 0.1) is 17.8 Å². The highest BCUT2D eigenvalue weighted by Crippen LogP contribution is 2.37. The number of nitrogens with one attached hydrogen (secondary N) is 1. The molecule has 0 bridgehead atoms. The molecule has 1 amide bonds. The van der Waals surface area contributed by atoms with Crippen LogP contribution >= 0.6 is 0 Å². The third-order valence-corrected chi connectivity index (χ3v) is 5.53. The maximum Gasteiger partial charge on any atom is 0.307 e. The topological polar surface area (TPSA) is 69.6 Å². The van der Waals surface area contributed by atoms with Crippen molar-refractivity contribution in [1.29, 1.82) is 0 Å². The highest BCUT2D eigenvalue weighted by atomic mass is 16.4. The number of hydrogen-bond acceptors (Lipinski definition) is 3. The lowest BCUT2D eigenvalue weighted by Gasteiger charge is -2.37. The minimum absolute atomic E-state index is 0.0542. The summed E-state index contributed by atoms with van der Waals surface area (Å²) in [6.45, 7) is 2.66. The van der Waals surface area contributed by atoms with Crippen molar-refractivity contribution in [2.45, 2.75) is 51.0 Å². The van der Waals surface area contributed by atoms with Crippen molar-refractivity contribution in [2.24, 2.45) is 17.8 Å². The molecule has 3 unspecified atom stereocenters. The van der Waals surface area contributed by atoms with Gasteiger partial charge in [0.15, 0.2) is 0 Å². The van der Waals surface area contributed by atoms with Crippen LogP contribution in [0.5, 0.6) is 0 Å². The minimum atomic E-state index is -0.831. The third kappa shape index (κ3) is 3.39. The highest BCUT2D eigenvalue weighted by Gasteiger charge is 2.42. The van der Waals surface area contributed by atoms with Gasteiger partial charge in [0, 0.05) is 12.1 Å². The number of carboxylic acid groups (broad SMARTS) is 1. The molecule has 0 radical (unpaired) electrons. The Labute approximate surface area is 127 Å². The standard InChI is InChI=1S/C16H28N2O3/c1-11-8-12(13(9-11)15(20)21)14(19)17-10-16(18(2)3)6-4-5-7-16/h11-13H,4-10H2,1-3H3,(H,17,19)(H,20,21). The maximum absolute atomic E-state index is 12.4. The molecule has 5 heteroatoms. The van der Waals surface area contributed by atoms with E-state index in [9.17, 15) is 14.7 Å². The number of aliphatic carboxylic acids is 1. The van der Waals surface area contributed by atoms with Crippen molar-refractivity contribution in [2.75, 3.05) is 20.6 Å². The lowest BCUT2D eigenvalue weighted by molar-refractivity contribution is -0.146.